The molecule has 4 aliphatic carbocycles. The van der Waals surface area contributed by atoms with Crippen LogP contribution >= 0.6 is 0 Å². The molecule has 4 saturated carbocycles. The summed E-state index contributed by atoms with van der Waals surface area (Å²) < 4.78 is 49.1. The van der Waals surface area contributed by atoms with Crippen molar-refractivity contribution >= 4 is 11.5 Å². The number of nitrogen functional groups attached to an aromatic ring is 1. The van der Waals surface area contributed by atoms with Gasteiger partial charge in [0.15, 0.2) is 5.82 Å². The number of aromatic nitrogens is 4. The van der Waals surface area contributed by atoms with Crippen LogP contribution in [0.3, 0.4) is 0 Å². The summed E-state index contributed by atoms with van der Waals surface area (Å²) in [4.78, 5) is 9.53. The Morgan fingerprint density at radius 3 is 2.73 bits per heavy atom. The van der Waals surface area contributed by atoms with E-state index in [4.69, 9.17) is 15.5 Å². The SMILES string of the molecule is CNc1c(N)nc([C@H]2CCO[C@@H](c3cnn(C4CC4)c3)C2)nc1[C@@]12C[C@@]3(C(F)(F)F)C[C@@H]1C32. The number of rotatable bonds is 5. The Morgan fingerprint density at radius 2 is 2.06 bits per heavy atom. The third-order valence-corrected chi connectivity index (χ3v) is 9.07. The van der Waals surface area contributed by atoms with Crippen LogP contribution in [-0.4, -0.2) is 39.6 Å². The molecule has 0 bridgehead atoms. The van der Waals surface area contributed by atoms with Gasteiger partial charge in [0.25, 0.3) is 0 Å². The summed E-state index contributed by atoms with van der Waals surface area (Å²) in [6.07, 6.45) is 3.86. The van der Waals surface area contributed by atoms with E-state index in [1.165, 1.54) is 12.8 Å². The number of fused-ring (bicyclic) bond motifs is 1. The first-order valence-electron chi connectivity index (χ1n) is 11.9. The first kappa shape index (κ1) is 20.1. The van der Waals surface area contributed by atoms with Crippen molar-refractivity contribution < 1.29 is 17.9 Å². The first-order chi connectivity index (χ1) is 15.8. The lowest BCUT2D eigenvalue weighted by atomic mass is 9.58. The summed E-state index contributed by atoms with van der Waals surface area (Å²) in [6.45, 7) is 0.573. The van der Waals surface area contributed by atoms with Crippen LogP contribution in [0.1, 0.15) is 73.7 Å². The van der Waals surface area contributed by atoms with E-state index in [-0.39, 0.29) is 36.7 Å². The Bertz CT molecular complexity index is 1150. The quantitative estimate of drug-likeness (QED) is 0.698. The van der Waals surface area contributed by atoms with Crippen LogP contribution in [0.5, 0.6) is 0 Å². The normalized spacial score (nSPS) is 38.8. The van der Waals surface area contributed by atoms with Gasteiger partial charge >= 0.3 is 6.18 Å². The average Bonchev–Trinajstić information content (AvgIpc) is 3.52. The minimum absolute atomic E-state index is 0.0419. The van der Waals surface area contributed by atoms with Crippen LogP contribution in [0.25, 0.3) is 0 Å². The summed E-state index contributed by atoms with van der Waals surface area (Å²) >= 11 is 0. The maximum Gasteiger partial charge on any atom is 0.394 e. The Morgan fingerprint density at radius 1 is 1.24 bits per heavy atom. The molecule has 1 aliphatic heterocycles. The maximum absolute atomic E-state index is 13.7. The van der Waals surface area contributed by atoms with Gasteiger partial charge in [0.2, 0.25) is 0 Å². The number of nitrogens with zero attached hydrogens (tertiary/aromatic N) is 4. The molecule has 0 spiro atoms. The van der Waals surface area contributed by atoms with E-state index < -0.39 is 17.0 Å². The molecule has 6 atom stereocenters. The van der Waals surface area contributed by atoms with Crippen molar-refractivity contribution in [1.29, 1.82) is 0 Å². The number of hydrogen-bond donors (Lipinski definition) is 2. The number of ether oxygens (including phenoxy) is 1. The molecule has 1 saturated heterocycles. The van der Waals surface area contributed by atoms with Gasteiger partial charge in [-0.25, -0.2) is 9.97 Å². The largest absolute Gasteiger partial charge is 0.394 e. The van der Waals surface area contributed by atoms with Crippen molar-refractivity contribution in [3.63, 3.8) is 0 Å². The molecule has 5 aliphatic rings. The van der Waals surface area contributed by atoms with Gasteiger partial charge in [-0.15, -0.1) is 0 Å². The van der Waals surface area contributed by atoms with E-state index >= 15 is 0 Å². The van der Waals surface area contributed by atoms with E-state index in [1.807, 2.05) is 10.9 Å². The molecular weight excluding hydrogens is 433 g/mol. The standard InChI is InChI=1S/C23H27F3N6O/c1-28-16-18(22-10-21(23(24,25)26)7-14(22)17(21)22)30-20(31-19(16)27)11-4-5-33-15(6-11)12-8-29-32(9-12)13-2-3-13/h8-9,11,13-15,17,28H,2-7,10H2,1H3,(H2,27,30,31)/t11-,14+,15+,17?,21-,22-/m0/s1. The molecule has 3 heterocycles. The predicted octanol–water partition coefficient (Wildman–Crippen LogP) is 4.11. The van der Waals surface area contributed by atoms with Crippen LogP contribution in [0.2, 0.25) is 0 Å². The van der Waals surface area contributed by atoms with Gasteiger partial charge in [0, 0.05) is 36.7 Å². The van der Waals surface area contributed by atoms with Crippen LogP contribution < -0.4 is 11.1 Å². The number of halogens is 3. The highest BCUT2D eigenvalue weighted by atomic mass is 19.4. The fourth-order valence-corrected chi connectivity index (χ4v) is 7.25. The Balaban J connectivity index is 1.18. The molecule has 0 aromatic carbocycles. The van der Waals surface area contributed by atoms with Gasteiger partial charge in [-0.1, -0.05) is 0 Å². The Labute approximate surface area is 189 Å². The molecule has 7 rings (SSSR count). The lowest BCUT2D eigenvalue weighted by Crippen LogP contribution is -2.52. The van der Waals surface area contributed by atoms with E-state index in [2.05, 4.69) is 21.6 Å². The smallest absolute Gasteiger partial charge is 0.384 e. The Hall–Kier alpha value is -2.36. The fraction of sp³-hybridized carbons (Fsp3) is 0.696. The van der Waals surface area contributed by atoms with Gasteiger partial charge in [0.1, 0.15) is 5.82 Å². The molecule has 2 aromatic heterocycles. The topological polar surface area (TPSA) is 90.9 Å². The zero-order valence-corrected chi connectivity index (χ0v) is 18.4. The van der Waals surface area contributed by atoms with Gasteiger partial charge in [-0.3, -0.25) is 4.68 Å². The highest BCUT2D eigenvalue weighted by Crippen LogP contribution is 2.95. The second-order valence-electron chi connectivity index (χ2n) is 10.7. The van der Waals surface area contributed by atoms with Crippen LogP contribution in [0.15, 0.2) is 12.4 Å². The van der Waals surface area contributed by atoms with Crippen LogP contribution in [-0.2, 0) is 10.2 Å². The van der Waals surface area contributed by atoms with Gasteiger partial charge in [-0.05, 0) is 50.4 Å². The summed E-state index contributed by atoms with van der Waals surface area (Å²) in [6, 6.07) is 0.511. The van der Waals surface area contributed by atoms with Crippen molar-refractivity contribution in [3.05, 3.63) is 29.5 Å². The molecule has 10 heteroatoms. The molecule has 0 radical (unpaired) electrons. The van der Waals surface area contributed by atoms with Crippen molar-refractivity contribution in [2.45, 2.75) is 68.2 Å². The number of alkyl halides is 3. The molecule has 1 unspecified atom stereocenters. The lowest BCUT2D eigenvalue weighted by molar-refractivity contribution is -0.273. The molecule has 5 fully saturated rings. The number of hydrogen-bond acceptors (Lipinski definition) is 6. The molecule has 176 valence electrons. The number of nitrogens with two attached hydrogens (primary N) is 1. The number of nitrogens with one attached hydrogen (secondary N) is 1. The first-order valence-corrected chi connectivity index (χ1v) is 11.9. The second kappa shape index (κ2) is 6.20. The minimum atomic E-state index is -4.14. The maximum atomic E-state index is 13.7. The van der Waals surface area contributed by atoms with Crippen molar-refractivity contribution in [2.75, 3.05) is 24.7 Å². The molecule has 3 N–H and O–H groups in total. The van der Waals surface area contributed by atoms with Crippen molar-refractivity contribution in [1.82, 2.24) is 19.7 Å². The van der Waals surface area contributed by atoms with Crippen LogP contribution in [0.4, 0.5) is 24.7 Å². The summed E-state index contributed by atoms with van der Waals surface area (Å²) in [5.74, 6) is 0.709. The van der Waals surface area contributed by atoms with Crippen molar-refractivity contribution in [3.8, 4) is 0 Å². The van der Waals surface area contributed by atoms with Gasteiger partial charge in [0.05, 0.1) is 35.1 Å². The molecule has 2 aromatic rings. The molecular formula is C23H27F3N6O. The second-order valence-corrected chi connectivity index (χ2v) is 10.7. The lowest BCUT2D eigenvalue weighted by Gasteiger charge is -2.48. The highest BCUT2D eigenvalue weighted by molar-refractivity contribution is 5.70. The van der Waals surface area contributed by atoms with Gasteiger partial charge < -0.3 is 15.8 Å². The highest BCUT2D eigenvalue weighted by Gasteiger charge is 2.96. The monoisotopic (exact) mass is 460 g/mol. The van der Waals surface area contributed by atoms with Gasteiger partial charge in [-0.2, -0.15) is 18.3 Å². The van der Waals surface area contributed by atoms with E-state index in [0.29, 0.717) is 42.1 Å². The van der Waals surface area contributed by atoms with E-state index in [1.54, 1.807) is 7.05 Å². The van der Waals surface area contributed by atoms with Crippen LogP contribution in [0, 0.1) is 17.3 Å². The number of anilines is 2. The van der Waals surface area contributed by atoms with E-state index in [9.17, 15) is 13.2 Å². The molecule has 33 heavy (non-hydrogen) atoms. The summed E-state index contributed by atoms with van der Waals surface area (Å²) in [5.41, 5.74) is 6.67. The summed E-state index contributed by atoms with van der Waals surface area (Å²) in [5, 5.41) is 7.56. The molecule has 7 nitrogen and oxygen atoms in total. The average molecular weight is 461 g/mol. The minimum Gasteiger partial charge on any atom is -0.384 e. The van der Waals surface area contributed by atoms with Crippen molar-refractivity contribution in [2.24, 2.45) is 17.3 Å². The Kier molecular flexibility index (Phi) is 3.76. The third-order valence-electron chi connectivity index (χ3n) is 9.07. The molecule has 0 amide bonds. The van der Waals surface area contributed by atoms with E-state index in [0.717, 1.165) is 12.0 Å². The zero-order valence-electron chi connectivity index (χ0n) is 18.4. The zero-order chi connectivity index (χ0) is 22.8. The third kappa shape index (κ3) is 2.48. The summed E-state index contributed by atoms with van der Waals surface area (Å²) in [7, 11) is 1.73. The fourth-order valence-electron chi connectivity index (χ4n) is 7.25. The predicted molar refractivity (Wildman–Crippen MR) is 114 cm³/mol.